The van der Waals surface area contributed by atoms with Crippen molar-refractivity contribution in [1.82, 2.24) is 14.2 Å². The molecule has 0 unspecified atom stereocenters. The minimum atomic E-state index is -2.29. The van der Waals surface area contributed by atoms with E-state index >= 15 is 0 Å². The van der Waals surface area contributed by atoms with E-state index in [4.69, 9.17) is 0 Å². The highest BCUT2D eigenvalue weighted by Crippen LogP contribution is 2.53. The highest BCUT2D eigenvalue weighted by atomic mass is 31.2. The summed E-state index contributed by atoms with van der Waals surface area (Å²) in [4.78, 5) is 2.25. The molecular weight excluding hydrogens is 209 g/mol. The molecule has 5 heteroatoms. The molecule has 0 saturated carbocycles. The van der Waals surface area contributed by atoms with Gasteiger partial charge in [-0.1, -0.05) is 13.8 Å². The Labute approximate surface area is 93.7 Å². The van der Waals surface area contributed by atoms with Crippen LogP contribution in [-0.4, -0.2) is 60.8 Å². The van der Waals surface area contributed by atoms with Gasteiger partial charge in [-0.25, -0.2) is 9.34 Å². The lowest BCUT2D eigenvalue weighted by molar-refractivity contribution is 0.287. The summed E-state index contributed by atoms with van der Waals surface area (Å²) < 4.78 is 16.9. The minimum absolute atomic E-state index is 0.701. The van der Waals surface area contributed by atoms with Crippen LogP contribution in [0.25, 0.3) is 0 Å². The summed E-state index contributed by atoms with van der Waals surface area (Å²) in [5.74, 6) is 0. The van der Waals surface area contributed by atoms with E-state index < -0.39 is 7.44 Å². The van der Waals surface area contributed by atoms with Gasteiger partial charge in [0.25, 0.3) is 0 Å². The van der Waals surface area contributed by atoms with E-state index in [1.807, 2.05) is 14.1 Å². The van der Waals surface area contributed by atoms with Crippen LogP contribution in [0.4, 0.5) is 0 Å². The van der Waals surface area contributed by atoms with Crippen LogP contribution in [-0.2, 0) is 4.57 Å². The second-order valence-electron chi connectivity index (χ2n) is 4.23. The molecule has 1 heterocycles. The van der Waals surface area contributed by atoms with E-state index in [0.29, 0.717) is 6.29 Å². The second-order valence-corrected chi connectivity index (χ2v) is 7.20. The molecule has 0 aromatic carbocycles. The molecule has 0 aromatic heterocycles. The van der Waals surface area contributed by atoms with Gasteiger partial charge >= 0.3 is 0 Å². The van der Waals surface area contributed by atoms with Gasteiger partial charge in [-0.15, -0.1) is 0 Å². The Kier molecular flexibility index (Phi) is 4.78. The molecule has 0 aliphatic carbocycles. The predicted molar refractivity (Wildman–Crippen MR) is 65.3 cm³/mol. The number of rotatable bonds is 4. The molecule has 1 fully saturated rings. The van der Waals surface area contributed by atoms with Crippen molar-refractivity contribution >= 4 is 7.44 Å². The third-order valence-electron chi connectivity index (χ3n) is 3.31. The van der Waals surface area contributed by atoms with E-state index in [-0.39, 0.29) is 0 Å². The maximum atomic E-state index is 12.8. The monoisotopic (exact) mass is 233 g/mol. The van der Waals surface area contributed by atoms with Crippen LogP contribution in [0, 0.1) is 0 Å². The molecule has 1 rings (SSSR count). The van der Waals surface area contributed by atoms with Gasteiger partial charge in [-0.3, -0.25) is 9.46 Å². The summed E-state index contributed by atoms with van der Waals surface area (Å²) in [6, 6.07) is 0. The summed E-state index contributed by atoms with van der Waals surface area (Å²) in [7, 11) is 1.68. The van der Waals surface area contributed by atoms with Crippen LogP contribution in [0.2, 0.25) is 0 Å². The summed E-state index contributed by atoms with van der Waals surface area (Å²) in [6.07, 6.45) is 1.82. The van der Waals surface area contributed by atoms with Crippen LogP contribution >= 0.6 is 7.44 Å². The van der Waals surface area contributed by atoms with Crippen molar-refractivity contribution in [3.05, 3.63) is 0 Å². The zero-order valence-electron chi connectivity index (χ0n) is 10.4. The Morgan fingerprint density at radius 1 is 1.13 bits per heavy atom. The maximum Gasteiger partial charge on any atom is 0.229 e. The van der Waals surface area contributed by atoms with Crippen molar-refractivity contribution in [2.45, 2.75) is 20.3 Å². The first-order chi connectivity index (χ1) is 7.04. The van der Waals surface area contributed by atoms with Crippen molar-refractivity contribution in [3.8, 4) is 0 Å². The van der Waals surface area contributed by atoms with Gasteiger partial charge in [0.05, 0.1) is 6.29 Å². The summed E-state index contributed by atoms with van der Waals surface area (Å²) in [5.41, 5.74) is 0. The zero-order valence-corrected chi connectivity index (χ0v) is 11.3. The molecule has 90 valence electrons. The summed E-state index contributed by atoms with van der Waals surface area (Å²) in [6.45, 7) is 8.12. The Morgan fingerprint density at radius 3 is 2.00 bits per heavy atom. The highest BCUT2D eigenvalue weighted by molar-refractivity contribution is 7.59. The van der Waals surface area contributed by atoms with Gasteiger partial charge in [0.1, 0.15) is 0 Å². The van der Waals surface area contributed by atoms with Crippen molar-refractivity contribution in [2.24, 2.45) is 0 Å². The van der Waals surface area contributed by atoms with Crippen molar-refractivity contribution < 1.29 is 4.57 Å². The van der Waals surface area contributed by atoms with Crippen LogP contribution in [0.1, 0.15) is 20.3 Å². The molecule has 0 aromatic rings. The first-order valence-corrected chi connectivity index (χ1v) is 7.59. The first kappa shape index (κ1) is 13.2. The van der Waals surface area contributed by atoms with Gasteiger partial charge in [0.15, 0.2) is 0 Å². The fourth-order valence-electron chi connectivity index (χ4n) is 2.00. The van der Waals surface area contributed by atoms with Crippen LogP contribution in [0.3, 0.4) is 0 Å². The number of nitrogens with zero attached hydrogens (tertiary/aromatic N) is 3. The molecule has 1 aliphatic rings. The summed E-state index contributed by atoms with van der Waals surface area (Å²) in [5, 5.41) is 0. The maximum absolute atomic E-state index is 12.8. The van der Waals surface area contributed by atoms with Gasteiger partial charge < -0.3 is 0 Å². The quantitative estimate of drug-likeness (QED) is 0.691. The lowest BCUT2D eigenvalue weighted by Crippen LogP contribution is -2.40. The zero-order chi connectivity index (χ0) is 11.5. The molecular formula is C10H24N3OP. The third kappa shape index (κ3) is 2.82. The average molecular weight is 233 g/mol. The largest absolute Gasteiger partial charge is 0.295 e. The van der Waals surface area contributed by atoms with Crippen molar-refractivity contribution in [2.75, 3.05) is 46.6 Å². The minimum Gasteiger partial charge on any atom is -0.295 e. The molecule has 0 radical (unpaired) electrons. The lowest BCUT2D eigenvalue weighted by atomic mass is 10.4. The molecule has 0 spiro atoms. The van der Waals surface area contributed by atoms with E-state index in [9.17, 15) is 4.57 Å². The van der Waals surface area contributed by atoms with E-state index in [2.05, 4.69) is 28.1 Å². The van der Waals surface area contributed by atoms with Gasteiger partial charge in [-0.2, -0.15) is 0 Å². The smallest absolute Gasteiger partial charge is 0.229 e. The fourth-order valence-corrected chi connectivity index (χ4v) is 4.78. The van der Waals surface area contributed by atoms with E-state index in [0.717, 1.165) is 32.6 Å². The molecule has 4 nitrogen and oxygen atoms in total. The second kappa shape index (κ2) is 5.44. The highest BCUT2D eigenvalue weighted by Gasteiger charge is 2.36. The molecule has 1 saturated heterocycles. The van der Waals surface area contributed by atoms with Crippen LogP contribution in [0.15, 0.2) is 0 Å². The topological polar surface area (TPSA) is 26.8 Å². The van der Waals surface area contributed by atoms with E-state index in [1.54, 1.807) is 0 Å². The number of hydrogen-bond acceptors (Lipinski definition) is 2. The summed E-state index contributed by atoms with van der Waals surface area (Å²) >= 11 is 0. The van der Waals surface area contributed by atoms with E-state index in [1.165, 1.54) is 0 Å². The van der Waals surface area contributed by atoms with Gasteiger partial charge in [0.2, 0.25) is 7.44 Å². The standard InChI is InChI=1S/C10H24N3OP/c1-5-13(6-2)10-15(14)11(3)8-7-9-12(15)4/h5-10H2,1-4H3. The molecule has 0 N–H and O–H groups in total. The Hall–Kier alpha value is 0.110. The SMILES string of the molecule is CCN(CC)CP1(=O)N(C)CCCN1C. The lowest BCUT2D eigenvalue weighted by Gasteiger charge is -2.41. The fraction of sp³-hybridized carbons (Fsp3) is 1.00. The average Bonchev–Trinajstić information content (AvgIpc) is 2.23. The molecule has 0 bridgehead atoms. The Morgan fingerprint density at radius 2 is 1.60 bits per heavy atom. The molecule has 0 atom stereocenters. The third-order valence-corrected chi connectivity index (χ3v) is 6.61. The number of hydrogen-bond donors (Lipinski definition) is 0. The van der Waals surface area contributed by atoms with Crippen molar-refractivity contribution in [3.63, 3.8) is 0 Å². The Bertz CT molecular complexity index is 229. The van der Waals surface area contributed by atoms with Gasteiger partial charge in [0, 0.05) is 13.1 Å². The Balaban J connectivity index is 2.73. The molecule has 0 amide bonds. The van der Waals surface area contributed by atoms with Gasteiger partial charge in [-0.05, 0) is 33.6 Å². The molecule has 1 aliphatic heterocycles. The molecule has 15 heavy (non-hydrogen) atoms. The first-order valence-electron chi connectivity index (χ1n) is 5.79. The van der Waals surface area contributed by atoms with Crippen molar-refractivity contribution in [1.29, 1.82) is 0 Å². The normalized spacial score (nSPS) is 23.5. The predicted octanol–water partition coefficient (Wildman–Crippen LogP) is 1.75. The van der Waals surface area contributed by atoms with Crippen LogP contribution < -0.4 is 0 Å². The van der Waals surface area contributed by atoms with Crippen LogP contribution in [0.5, 0.6) is 0 Å².